The van der Waals surface area contributed by atoms with Gasteiger partial charge in [0, 0.05) is 31.5 Å². The second kappa shape index (κ2) is 10.7. The zero-order valence-electron chi connectivity index (χ0n) is 18.5. The van der Waals surface area contributed by atoms with Gasteiger partial charge in [-0.05, 0) is 42.2 Å². The second-order valence-electron chi connectivity index (χ2n) is 7.91. The Kier molecular flexibility index (Phi) is 7.78. The number of pyridine rings is 1. The summed E-state index contributed by atoms with van der Waals surface area (Å²) in [7, 11) is 1.66. The number of carbonyl (C=O) groups excluding carboxylic acids is 1. The zero-order valence-corrected chi connectivity index (χ0v) is 18.5. The third-order valence-electron chi connectivity index (χ3n) is 5.38. The predicted octanol–water partition coefficient (Wildman–Crippen LogP) is 4.05. The van der Waals surface area contributed by atoms with Crippen molar-refractivity contribution in [3.63, 3.8) is 0 Å². The van der Waals surface area contributed by atoms with Gasteiger partial charge in [0.25, 0.3) is 5.91 Å². The summed E-state index contributed by atoms with van der Waals surface area (Å²) >= 11 is 0. The zero-order chi connectivity index (χ0) is 22.2. The summed E-state index contributed by atoms with van der Waals surface area (Å²) in [5, 5.41) is 2.85. The van der Waals surface area contributed by atoms with E-state index in [0.29, 0.717) is 30.9 Å². The minimum atomic E-state index is -0.266. The normalized spacial score (nSPS) is 12.2. The molecule has 1 unspecified atom stereocenters. The molecule has 1 amide bonds. The van der Waals surface area contributed by atoms with E-state index in [-0.39, 0.29) is 11.6 Å². The Labute approximate surface area is 183 Å². The fourth-order valence-corrected chi connectivity index (χ4v) is 3.17. The molecule has 7 heteroatoms. The van der Waals surface area contributed by atoms with Crippen molar-refractivity contribution in [2.75, 3.05) is 7.11 Å². The van der Waals surface area contributed by atoms with Crippen molar-refractivity contribution in [2.24, 2.45) is 5.92 Å². The standard InChI is InChI=1S/C24H30N4O3/c1-17(2)18(3)28(14-19-7-9-21(30-4)10-8-19)15-23-27-22(16-31-23)24(29)26-13-20-6-5-11-25-12-20/h5-12,16-18H,13-15H2,1-4H3,(H,26,29). The SMILES string of the molecule is COc1ccc(CN(Cc2nc(C(=O)NCc3cccnc3)co2)C(C)C(C)C)cc1. The average Bonchev–Trinajstić information content (AvgIpc) is 3.26. The Morgan fingerprint density at radius 2 is 1.90 bits per heavy atom. The van der Waals surface area contributed by atoms with Gasteiger partial charge in [0.2, 0.25) is 5.89 Å². The van der Waals surface area contributed by atoms with E-state index in [4.69, 9.17) is 9.15 Å². The molecule has 7 nitrogen and oxygen atoms in total. The van der Waals surface area contributed by atoms with E-state index in [1.807, 2.05) is 24.3 Å². The van der Waals surface area contributed by atoms with Crippen LogP contribution in [0.1, 0.15) is 48.3 Å². The number of benzene rings is 1. The van der Waals surface area contributed by atoms with Crippen LogP contribution in [-0.4, -0.2) is 33.9 Å². The first kappa shape index (κ1) is 22.5. The van der Waals surface area contributed by atoms with Gasteiger partial charge in [-0.25, -0.2) is 4.98 Å². The van der Waals surface area contributed by atoms with Gasteiger partial charge in [-0.1, -0.05) is 32.0 Å². The largest absolute Gasteiger partial charge is 0.497 e. The molecular weight excluding hydrogens is 392 g/mol. The summed E-state index contributed by atoms with van der Waals surface area (Å²) < 4.78 is 10.9. The molecule has 3 rings (SSSR count). The first-order valence-corrected chi connectivity index (χ1v) is 10.4. The summed E-state index contributed by atoms with van der Waals surface area (Å²) in [5.41, 5.74) is 2.38. The van der Waals surface area contributed by atoms with Crippen molar-refractivity contribution in [3.05, 3.63) is 77.8 Å². The maximum atomic E-state index is 12.4. The van der Waals surface area contributed by atoms with Gasteiger partial charge in [0.15, 0.2) is 5.69 Å². The van der Waals surface area contributed by atoms with Gasteiger partial charge in [0.1, 0.15) is 12.0 Å². The molecule has 164 valence electrons. The van der Waals surface area contributed by atoms with Gasteiger partial charge in [-0.2, -0.15) is 0 Å². The van der Waals surface area contributed by atoms with Crippen LogP contribution in [0.25, 0.3) is 0 Å². The lowest BCUT2D eigenvalue weighted by Crippen LogP contribution is -2.36. The molecule has 0 radical (unpaired) electrons. The first-order valence-electron chi connectivity index (χ1n) is 10.4. The fraction of sp³-hybridized carbons (Fsp3) is 0.375. The Hall–Kier alpha value is -3.19. The summed E-state index contributed by atoms with van der Waals surface area (Å²) in [6, 6.07) is 12.1. The summed E-state index contributed by atoms with van der Waals surface area (Å²) in [5.74, 6) is 1.54. The van der Waals surface area contributed by atoms with E-state index in [1.54, 1.807) is 19.5 Å². The highest BCUT2D eigenvalue weighted by atomic mass is 16.5. The maximum Gasteiger partial charge on any atom is 0.273 e. The molecule has 0 aliphatic rings. The van der Waals surface area contributed by atoms with Crippen molar-refractivity contribution < 1.29 is 13.9 Å². The highest BCUT2D eigenvalue weighted by Gasteiger charge is 2.21. The quantitative estimate of drug-likeness (QED) is 0.531. The number of rotatable bonds is 10. The lowest BCUT2D eigenvalue weighted by Gasteiger charge is -2.30. The number of hydrogen-bond acceptors (Lipinski definition) is 6. The Morgan fingerprint density at radius 3 is 2.55 bits per heavy atom. The van der Waals surface area contributed by atoms with Gasteiger partial charge in [-0.15, -0.1) is 0 Å². The number of hydrogen-bond donors (Lipinski definition) is 1. The summed E-state index contributed by atoms with van der Waals surface area (Å²) in [6.07, 6.45) is 4.84. The van der Waals surface area contributed by atoms with Gasteiger partial charge >= 0.3 is 0 Å². The van der Waals surface area contributed by atoms with Crippen LogP contribution >= 0.6 is 0 Å². The number of ether oxygens (including phenoxy) is 1. The molecule has 0 fully saturated rings. The molecule has 0 aliphatic heterocycles. The number of nitrogens with one attached hydrogen (secondary N) is 1. The second-order valence-corrected chi connectivity index (χ2v) is 7.91. The van der Waals surface area contributed by atoms with Gasteiger partial charge in [-0.3, -0.25) is 14.7 Å². The van der Waals surface area contributed by atoms with Crippen LogP contribution in [0.2, 0.25) is 0 Å². The van der Waals surface area contributed by atoms with E-state index >= 15 is 0 Å². The van der Waals surface area contributed by atoms with E-state index in [1.165, 1.54) is 11.8 Å². The van der Waals surface area contributed by atoms with Crippen LogP contribution in [-0.2, 0) is 19.6 Å². The minimum Gasteiger partial charge on any atom is -0.497 e. The number of nitrogens with zero attached hydrogens (tertiary/aromatic N) is 3. The van der Waals surface area contributed by atoms with E-state index in [2.05, 4.69) is 53.1 Å². The van der Waals surface area contributed by atoms with Crippen LogP contribution in [0.3, 0.4) is 0 Å². The molecule has 2 heterocycles. The molecule has 0 spiro atoms. The van der Waals surface area contributed by atoms with Crippen molar-refractivity contribution in [1.82, 2.24) is 20.2 Å². The molecule has 0 saturated carbocycles. The monoisotopic (exact) mass is 422 g/mol. The van der Waals surface area contributed by atoms with E-state index in [9.17, 15) is 4.79 Å². The molecular formula is C24H30N4O3. The van der Waals surface area contributed by atoms with Crippen molar-refractivity contribution in [1.29, 1.82) is 0 Å². The molecule has 1 atom stereocenters. The number of oxazole rings is 1. The number of aromatic nitrogens is 2. The molecule has 2 aromatic heterocycles. The lowest BCUT2D eigenvalue weighted by molar-refractivity contribution is 0.0945. The topological polar surface area (TPSA) is 80.5 Å². The van der Waals surface area contributed by atoms with Crippen LogP contribution in [0.15, 0.2) is 59.5 Å². The van der Waals surface area contributed by atoms with Crippen LogP contribution in [0.4, 0.5) is 0 Å². The molecule has 31 heavy (non-hydrogen) atoms. The van der Waals surface area contributed by atoms with Crippen LogP contribution in [0.5, 0.6) is 5.75 Å². The third-order valence-corrected chi connectivity index (χ3v) is 5.38. The molecule has 0 aliphatic carbocycles. The van der Waals surface area contributed by atoms with Crippen LogP contribution in [0, 0.1) is 5.92 Å². The lowest BCUT2D eigenvalue weighted by atomic mass is 10.0. The minimum absolute atomic E-state index is 0.266. The highest BCUT2D eigenvalue weighted by Crippen LogP contribution is 2.20. The number of methoxy groups -OCH3 is 1. The molecule has 1 N–H and O–H groups in total. The third kappa shape index (κ3) is 6.39. The predicted molar refractivity (Wildman–Crippen MR) is 118 cm³/mol. The molecule has 1 aromatic carbocycles. The fourth-order valence-electron chi connectivity index (χ4n) is 3.17. The van der Waals surface area contributed by atoms with Crippen LogP contribution < -0.4 is 10.1 Å². The van der Waals surface area contributed by atoms with Gasteiger partial charge < -0.3 is 14.5 Å². The summed E-state index contributed by atoms with van der Waals surface area (Å²) in [4.78, 5) is 23.2. The van der Waals surface area contributed by atoms with E-state index < -0.39 is 0 Å². The Balaban J connectivity index is 1.65. The van der Waals surface area contributed by atoms with Crippen molar-refractivity contribution >= 4 is 5.91 Å². The molecule has 0 bridgehead atoms. The molecule has 3 aromatic rings. The van der Waals surface area contributed by atoms with E-state index in [0.717, 1.165) is 17.9 Å². The Bertz CT molecular complexity index is 954. The first-order chi connectivity index (χ1) is 15.0. The summed E-state index contributed by atoms with van der Waals surface area (Å²) in [6.45, 7) is 8.23. The van der Waals surface area contributed by atoms with Crippen molar-refractivity contribution in [3.8, 4) is 5.75 Å². The smallest absolute Gasteiger partial charge is 0.273 e. The van der Waals surface area contributed by atoms with Gasteiger partial charge in [0.05, 0.1) is 13.7 Å². The Morgan fingerprint density at radius 1 is 1.13 bits per heavy atom. The molecule has 0 saturated heterocycles. The van der Waals surface area contributed by atoms with Crippen molar-refractivity contribution in [2.45, 2.75) is 46.4 Å². The highest BCUT2D eigenvalue weighted by molar-refractivity contribution is 5.91. The number of amides is 1. The average molecular weight is 423 g/mol. The number of carbonyl (C=O) groups is 1. The maximum absolute atomic E-state index is 12.4.